The number of amides is 1. The molecule has 0 atom stereocenters. The molecule has 7 heteroatoms. The maximum atomic E-state index is 12.6. The van der Waals surface area contributed by atoms with Gasteiger partial charge in [0, 0.05) is 18.5 Å². The predicted molar refractivity (Wildman–Crippen MR) is 93.2 cm³/mol. The van der Waals surface area contributed by atoms with Crippen LogP contribution in [0.25, 0.3) is 0 Å². The Morgan fingerprint density at radius 1 is 1.35 bits per heavy atom. The smallest absolute Gasteiger partial charge is 0.264 e. The van der Waals surface area contributed by atoms with E-state index in [4.69, 9.17) is 5.73 Å². The number of likely N-dealkylation sites (tertiary alicyclic amines) is 1. The molecular formula is C16H27ClN4O2. The molecule has 1 fully saturated rings. The molecule has 1 aromatic heterocycles. The minimum atomic E-state index is -0.344. The average molecular weight is 343 g/mol. The van der Waals surface area contributed by atoms with Crippen LogP contribution in [0.3, 0.4) is 0 Å². The van der Waals surface area contributed by atoms with Gasteiger partial charge in [0.15, 0.2) is 0 Å². The Morgan fingerprint density at radius 2 is 1.91 bits per heavy atom. The molecule has 0 saturated carbocycles. The summed E-state index contributed by atoms with van der Waals surface area (Å²) in [5, 5.41) is 0. The second-order valence-electron chi connectivity index (χ2n) is 7.10. The van der Waals surface area contributed by atoms with Crippen LogP contribution in [0.1, 0.15) is 55.5 Å². The van der Waals surface area contributed by atoms with Crippen molar-refractivity contribution in [1.29, 1.82) is 0 Å². The lowest BCUT2D eigenvalue weighted by Gasteiger charge is -2.31. The minimum Gasteiger partial charge on any atom is -0.338 e. The maximum Gasteiger partial charge on any atom is 0.264 e. The van der Waals surface area contributed by atoms with E-state index in [0.29, 0.717) is 37.1 Å². The second-order valence-corrected chi connectivity index (χ2v) is 7.10. The summed E-state index contributed by atoms with van der Waals surface area (Å²) in [4.78, 5) is 33.9. The van der Waals surface area contributed by atoms with Gasteiger partial charge >= 0.3 is 0 Å². The van der Waals surface area contributed by atoms with Crippen LogP contribution in [-0.4, -0.2) is 40.4 Å². The lowest BCUT2D eigenvalue weighted by atomic mass is 9.95. The molecule has 0 aromatic carbocycles. The van der Waals surface area contributed by atoms with E-state index in [1.54, 1.807) is 11.8 Å². The third-order valence-electron chi connectivity index (χ3n) is 4.26. The Bertz CT molecular complexity index is 613. The Morgan fingerprint density at radius 3 is 2.35 bits per heavy atom. The molecule has 0 spiro atoms. The number of hydrogen-bond donors (Lipinski definition) is 2. The van der Waals surface area contributed by atoms with Gasteiger partial charge in [0.05, 0.1) is 5.69 Å². The summed E-state index contributed by atoms with van der Waals surface area (Å²) in [5.41, 5.74) is 5.74. The highest BCUT2D eigenvalue weighted by Gasteiger charge is 2.27. The van der Waals surface area contributed by atoms with Gasteiger partial charge in [-0.25, -0.2) is 4.98 Å². The van der Waals surface area contributed by atoms with Gasteiger partial charge in [-0.2, -0.15) is 0 Å². The number of hydrogen-bond acceptors (Lipinski definition) is 4. The molecule has 0 radical (unpaired) electrons. The normalized spacial score (nSPS) is 16.1. The van der Waals surface area contributed by atoms with Crippen molar-refractivity contribution in [1.82, 2.24) is 14.9 Å². The number of carbonyl (C=O) groups is 1. The number of carbonyl (C=O) groups excluding carboxylic acids is 1. The molecule has 0 bridgehead atoms. The second kappa shape index (κ2) is 7.45. The highest BCUT2D eigenvalue weighted by Crippen LogP contribution is 2.20. The lowest BCUT2D eigenvalue weighted by molar-refractivity contribution is 0.0690. The number of nitrogens with one attached hydrogen (secondary N) is 1. The molecule has 23 heavy (non-hydrogen) atoms. The van der Waals surface area contributed by atoms with Crippen molar-refractivity contribution in [2.45, 2.75) is 46.0 Å². The Balaban J connectivity index is 0.00000264. The van der Waals surface area contributed by atoms with Crippen molar-refractivity contribution in [3.05, 3.63) is 27.4 Å². The monoisotopic (exact) mass is 342 g/mol. The SMILES string of the molecule is Cc1nc(C(C)(C)C)[nH]c(=O)c1C(=O)N1CCC(CN)CC1.Cl. The first-order valence-electron chi connectivity index (χ1n) is 7.84. The van der Waals surface area contributed by atoms with Gasteiger partial charge in [-0.1, -0.05) is 20.8 Å². The van der Waals surface area contributed by atoms with E-state index in [1.807, 2.05) is 20.8 Å². The highest BCUT2D eigenvalue weighted by atomic mass is 35.5. The van der Waals surface area contributed by atoms with Gasteiger partial charge in [-0.15, -0.1) is 12.4 Å². The van der Waals surface area contributed by atoms with Crippen LogP contribution in [0.15, 0.2) is 4.79 Å². The fourth-order valence-electron chi connectivity index (χ4n) is 2.72. The topological polar surface area (TPSA) is 92.1 Å². The number of aromatic nitrogens is 2. The number of rotatable bonds is 2. The molecule has 2 rings (SSSR count). The van der Waals surface area contributed by atoms with E-state index in [2.05, 4.69) is 9.97 Å². The van der Waals surface area contributed by atoms with E-state index < -0.39 is 0 Å². The standard InChI is InChI=1S/C16H26N4O2.ClH/c1-10-12(13(21)19-15(18-10)16(2,3)4)14(22)20-7-5-11(9-17)6-8-20;/h11H,5-9,17H2,1-4H3,(H,18,19,21);1H. The third kappa shape index (κ3) is 4.32. The summed E-state index contributed by atoms with van der Waals surface area (Å²) in [5.74, 6) is 0.861. The van der Waals surface area contributed by atoms with Gasteiger partial charge in [-0.05, 0) is 32.2 Å². The molecule has 1 aromatic rings. The largest absolute Gasteiger partial charge is 0.338 e. The molecular weight excluding hydrogens is 316 g/mol. The molecule has 2 heterocycles. The number of H-pyrrole nitrogens is 1. The van der Waals surface area contributed by atoms with Crippen molar-refractivity contribution in [3.8, 4) is 0 Å². The van der Waals surface area contributed by atoms with Crippen molar-refractivity contribution in [2.75, 3.05) is 19.6 Å². The molecule has 1 amide bonds. The lowest BCUT2D eigenvalue weighted by Crippen LogP contribution is -2.42. The quantitative estimate of drug-likeness (QED) is 0.854. The zero-order valence-electron chi connectivity index (χ0n) is 14.3. The Labute approximate surface area is 143 Å². The zero-order valence-corrected chi connectivity index (χ0v) is 15.1. The molecule has 1 aliphatic rings. The summed E-state index contributed by atoms with van der Waals surface area (Å²) >= 11 is 0. The number of aryl methyl sites for hydroxylation is 1. The van der Waals surface area contributed by atoms with Crippen LogP contribution in [0.4, 0.5) is 0 Å². The summed E-state index contributed by atoms with van der Waals surface area (Å²) in [6, 6.07) is 0. The first kappa shape index (κ1) is 19.6. The zero-order chi connectivity index (χ0) is 16.5. The first-order chi connectivity index (χ1) is 10.2. The van der Waals surface area contributed by atoms with E-state index >= 15 is 0 Å². The molecule has 3 N–H and O–H groups in total. The van der Waals surface area contributed by atoms with Crippen molar-refractivity contribution in [3.63, 3.8) is 0 Å². The molecule has 0 aliphatic carbocycles. The van der Waals surface area contributed by atoms with Gasteiger partial charge in [0.1, 0.15) is 11.4 Å². The number of aromatic amines is 1. The van der Waals surface area contributed by atoms with E-state index in [1.165, 1.54) is 0 Å². The van der Waals surface area contributed by atoms with Crippen LogP contribution < -0.4 is 11.3 Å². The number of nitrogens with zero attached hydrogens (tertiary/aromatic N) is 2. The van der Waals surface area contributed by atoms with Crippen LogP contribution in [0.2, 0.25) is 0 Å². The molecule has 1 aliphatic heterocycles. The summed E-state index contributed by atoms with van der Waals surface area (Å²) < 4.78 is 0. The molecule has 130 valence electrons. The Hall–Kier alpha value is -1.40. The average Bonchev–Trinajstić information content (AvgIpc) is 2.45. The van der Waals surface area contributed by atoms with Gasteiger partial charge in [-0.3, -0.25) is 9.59 Å². The van der Waals surface area contributed by atoms with E-state index in [9.17, 15) is 9.59 Å². The summed E-state index contributed by atoms with van der Waals surface area (Å²) in [7, 11) is 0. The Kier molecular flexibility index (Phi) is 6.36. The van der Waals surface area contributed by atoms with Crippen molar-refractivity contribution >= 4 is 18.3 Å². The minimum absolute atomic E-state index is 0. The third-order valence-corrected chi connectivity index (χ3v) is 4.26. The summed E-state index contributed by atoms with van der Waals surface area (Å²) in [6.07, 6.45) is 1.79. The first-order valence-corrected chi connectivity index (χ1v) is 7.84. The molecule has 0 unspecified atom stereocenters. The highest BCUT2D eigenvalue weighted by molar-refractivity contribution is 5.94. The van der Waals surface area contributed by atoms with Gasteiger partial charge in [0.25, 0.3) is 11.5 Å². The van der Waals surface area contributed by atoms with Crippen molar-refractivity contribution < 1.29 is 4.79 Å². The van der Waals surface area contributed by atoms with E-state index in [0.717, 1.165) is 12.8 Å². The van der Waals surface area contributed by atoms with E-state index in [-0.39, 0.29) is 34.9 Å². The molecule has 1 saturated heterocycles. The van der Waals surface area contributed by atoms with Crippen molar-refractivity contribution in [2.24, 2.45) is 11.7 Å². The molecule has 6 nitrogen and oxygen atoms in total. The van der Waals surface area contributed by atoms with Gasteiger partial charge < -0.3 is 15.6 Å². The summed E-state index contributed by atoms with van der Waals surface area (Å²) in [6.45, 7) is 9.62. The number of piperidine rings is 1. The number of nitrogens with two attached hydrogens (primary N) is 1. The van der Waals surface area contributed by atoms with Gasteiger partial charge in [0.2, 0.25) is 0 Å². The fourth-order valence-corrected chi connectivity index (χ4v) is 2.72. The van der Waals surface area contributed by atoms with Crippen LogP contribution in [-0.2, 0) is 5.41 Å². The van der Waals surface area contributed by atoms with Crippen LogP contribution in [0.5, 0.6) is 0 Å². The predicted octanol–water partition coefficient (Wildman–Crippen LogP) is 1.61. The van der Waals surface area contributed by atoms with Crippen LogP contribution >= 0.6 is 12.4 Å². The van der Waals surface area contributed by atoms with Crippen LogP contribution in [0, 0.1) is 12.8 Å². The number of halogens is 1. The maximum absolute atomic E-state index is 12.6. The fraction of sp³-hybridized carbons (Fsp3) is 0.688.